The third-order valence-corrected chi connectivity index (χ3v) is 4.15. The Balaban J connectivity index is 1.63. The van der Waals surface area contributed by atoms with Crippen LogP contribution < -0.4 is 10.1 Å². The van der Waals surface area contributed by atoms with Crippen LogP contribution in [0.5, 0.6) is 5.75 Å². The fraction of sp³-hybridized carbons (Fsp3) is 0.500. The van der Waals surface area contributed by atoms with E-state index in [0.717, 1.165) is 30.1 Å². The molecule has 1 N–H and O–H groups in total. The average molecular weight is 273 g/mol. The second-order valence-corrected chi connectivity index (χ2v) is 5.89. The Labute approximate surface area is 118 Å². The summed E-state index contributed by atoms with van der Waals surface area (Å²) >= 11 is 0. The molecule has 1 aliphatic carbocycles. The van der Waals surface area contributed by atoms with Gasteiger partial charge in [-0.05, 0) is 42.9 Å². The molecule has 2 amide bonds. The second kappa shape index (κ2) is 5.27. The lowest BCUT2D eigenvalue weighted by atomic mass is 9.84. The van der Waals surface area contributed by atoms with Crippen molar-refractivity contribution in [2.75, 3.05) is 0 Å². The zero-order valence-electron chi connectivity index (χ0n) is 11.6. The zero-order valence-corrected chi connectivity index (χ0v) is 11.6. The molecule has 1 aromatic carbocycles. The van der Waals surface area contributed by atoms with Gasteiger partial charge in [0.15, 0.2) is 0 Å². The first-order chi connectivity index (χ1) is 9.61. The number of imide groups is 1. The van der Waals surface area contributed by atoms with E-state index in [0.29, 0.717) is 18.9 Å². The first-order valence-corrected chi connectivity index (χ1v) is 7.22. The maximum atomic E-state index is 11.8. The number of amides is 2. The fourth-order valence-corrected chi connectivity index (χ4v) is 2.91. The Kier molecular flexibility index (Phi) is 3.47. The Morgan fingerprint density at radius 2 is 1.85 bits per heavy atom. The smallest absolute Gasteiger partial charge is 0.234 e. The monoisotopic (exact) mass is 273 g/mol. The van der Waals surface area contributed by atoms with E-state index in [2.05, 4.69) is 12.2 Å². The van der Waals surface area contributed by atoms with Crippen LogP contribution in [0, 0.1) is 5.92 Å². The van der Waals surface area contributed by atoms with Gasteiger partial charge in [0, 0.05) is 6.42 Å². The number of hydrogen-bond acceptors (Lipinski definition) is 3. The van der Waals surface area contributed by atoms with Crippen LogP contribution in [-0.2, 0) is 9.59 Å². The Morgan fingerprint density at radius 3 is 2.45 bits per heavy atom. The zero-order chi connectivity index (χ0) is 14.1. The molecule has 1 saturated heterocycles. The lowest BCUT2D eigenvalue weighted by Crippen LogP contribution is -2.39. The lowest BCUT2D eigenvalue weighted by Gasteiger charge is -2.33. The summed E-state index contributed by atoms with van der Waals surface area (Å²) in [5.41, 5.74) is 0.948. The summed E-state index contributed by atoms with van der Waals surface area (Å²) in [5, 5.41) is 2.39. The maximum absolute atomic E-state index is 11.8. The van der Waals surface area contributed by atoms with Crippen LogP contribution in [-0.4, -0.2) is 17.9 Å². The maximum Gasteiger partial charge on any atom is 0.234 e. The van der Waals surface area contributed by atoms with E-state index in [4.69, 9.17) is 4.74 Å². The van der Waals surface area contributed by atoms with Crippen LogP contribution in [0.25, 0.3) is 0 Å². The van der Waals surface area contributed by atoms with Crippen molar-refractivity contribution in [2.24, 2.45) is 5.92 Å². The van der Waals surface area contributed by atoms with Crippen molar-refractivity contribution in [3.63, 3.8) is 0 Å². The van der Waals surface area contributed by atoms with Crippen LogP contribution >= 0.6 is 0 Å². The summed E-state index contributed by atoms with van der Waals surface area (Å²) in [6, 6.07) is 7.69. The molecular weight excluding hydrogens is 254 g/mol. The molecule has 1 aromatic rings. The normalized spacial score (nSPS) is 29.6. The molecule has 0 aromatic heterocycles. The highest BCUT2D eigenvalue weighted by Gasteiger charge is 2.29. The highest BCUT2D eigenvalue weighted by atomic mass is 16.5. The van der Waals surface area contributed by atoms with E-state index < -0.39 is 0 Å². The third kappa shape index (κ3) is 2.69. The van der Waals surface area contributed by atoms with Crippen LogP contribution in [0.1, 0.15) is 44.1 Å². The Bertz CT molecular complexity index is 517. The van der Waals surface area contributed by atoms with Gasteiger partial charge in [-0.1, -0.05) is 19.1 Å². The Hall–Kier alpha value is -1.84. The molecule has 0 bridgehead atoms. The highest BCUT2D eigenvalue weighted by molar-refractivity contribution is 6.00. The average Bonchev–Trinajstić information content (AvgIpc) is 2.38. The van der Waals surface area contributed by atoms with Gasteiger partial charge in [0.25, 0.3) is 0 Å². The molecule has 3 rings (SSSR count). The minimum atomic E-state index is -0.217. The number of carbonyl (C=O) groups excluding carboxylic acids is 2. The predicted molar refractivity (Wildman–Crippen MR) is 74.4 cm³/mol. The minimum Gasteiger partial charge on any atom is -0.490 e. The topological polar surface area (TPSA) is 55.4 Å². The van der Waals surface area contributed by atoms with Gasteiger partial charge in [-0.3, -0.25) is 14.9 Å². The predicted octanol–water partition coefficient (Wildman–Crippen LogP) is 2.38. The van der Waals surface area contributed by atoms with Crippen molar-refractivity contribution in [3.05, 3.63) is 29.8 Å². The highest BCUT2D eigenvalue weighted by Crippen LogP contribution is 2.32. The second-order valence-electron chi connectivity index (χ2n) is 5.89. The summed E-state index contributed by atoms with van der Waals surface area (Å²) < 4.78 is 5.85. The van der Waals surface area contributed by atoms with Crippen molar-refractivity contribution in [1.82, 2.24) is 5.32 Å². The SMILES string of the molecule is CC1CC(Oc2ccc(C3CCC(=O)NC3=O)cc2)C1. The molecule has 0 radical (unpaired) electrons. The van der Waals surface area contributed by atoms with Gasteiger partial charge in [0.2, 0.25) is 11.8 Å². The summed E-state index contributed by atoms with van der Waals surface area (Å²) in [7, 11) is 0. The molecule has 4 nitrogen and oxygen atoms in total. The van der Waals surface area contributed by atoms with E-state index in [1.54, 1.807) is 0 Å². The minimum absolute atomic E-state index is 0.176. The lowest BCUT2D eigenvalue weighted by molar-refractivity contribution is -0.134. The van der Waals surface area contributed by atoms with Crippen LogP contribution in [0.4, 0.5) is 0 Å². The molecule has 1 saturated carbocycles. The van der Waals surface area contributed by atoms with Gasteiger partial charge in [-0.2, -0.15) is 0 Å². The van der Waals surface area contributed by atoms with E-state index in [9.17, 15) is 9.59 Å². The molecule has 0 spiro atoms. The summed E-state index contributed by atoms with van der Waals surface area (Å²) in [6.45, 7) is 2.23. The van der Waals surface area contributed by atoms with E-state index in [-0.39, 0.29) is 17.7 Å². The third-order valence-electron chi connectivity index (χ3n) is 4.15. The largest absolute Gasteiger partial charge is 0.490 e. The van der Waals surface area contributed by atoms with Crippen LogP contribution in [0.3, 0.4) is 0 Å². The molecule has 2 aliphatic rings. The van der Waals surface area contributed by atoms with Crippen molar-refractivity contribution >= 4 is 11.8 Å². The number of piperidine rings is 1. The van der Waals surface area contributed by atoms with Gasteiger partial charge in [-0.25, -0.2) is 0 Å². The van der Waals surface area contributed by atoms with E-state index in [1.807, 2.05) is 24.3 Å². The van der Waals surface area contributed by atoms with Crippen molar-refractivity contribution in [2.45, 2.75) is 44.6 Å². The fourth-order valence-electron chi connectivity index (χ4n) is 2.91. The summed E-state index contributed by atoms with van der Waals surface area (Å²) in [6.07, 6.45) is 3.58. The molecule has 4 heteroatoms. The summed E-state index contributed by atoms with van der Waals surface area (Å²) in [4.78, 5) is 22.9. The molecule has 20 heavy (non-hydrogen) atoms. The molecule has 1 aliphatic heterocycles. The molecular formula is C16H19NO3. The Morgan fingerprint density at radius 1 is 1.15 bits per heavy atom. The first kappa shape index (κ1) is 13.2. The molecule has 1 heterocycles. The molecule has 2 fully saturated rings. The number of ether oxygens (including phenoxy) is 1. The first-order valence-electron chi connectivity index (χ1n) is 7.22. The van der Waals surface area contributed by atoms with Gasteiger partial charge >= 0.3 is 0 Å². The van der Waals surface area contributed by atoms with Crippen molar-refractivity contribution in [1.29, 1.82) is 0 Å². The number of hydrogen-bond donors (Lipinski definition) is 1. The van der Waals surface area contributed by atoms with Crippen LogP contribution in [0.2, 0.25) is 0 Å². The van der Waals surface area contributed by atoms with Gasteiger partial charge < -0.3 is 4.74 Å². The van der Waals surface area contributed by atoms with Crippen molar-refractivity contribution in [3.8, 4) is 5.75 Å². The number of carbonyl (C=O) groups is 2. The molecule has 106 valence electrons. The van der Waals surface area contributed by atoms with Crippen LogP contribution in [0.15, 0.2) is 24.3 Å². The van der Waals surface area contributed by atoms with Gasteiger partial charge in [-0.15, -0.1) is 0 Å². The number of nitrogens with one attached hydrogen (secondary N) is 1. The van der Waals surface area contributed by atoms with E-state index in [1.165, 1.54) is 0 Å². The van der Waals surface area contributed by atoms with Crippen molar-refractivity contribution < 1.29 is 14.3 Å². The number of rotatable bonds is 3. The molecule has 1 unspecified atom stereocenters. The van der Waals surface area contributed by atoms with Gasteiger partial charge in [0.05, 0.1) is 12.0 Å². The standard InChI is InChI=1S/C16H19NO3/c1-10-8-13(9-10)20-12-4-2-11(3-5-12)14-6-7-15(18)17-16(14)19/h2-5,10,13-14H,6-9H2,1H3,(H,17,18,19). The number of benzene rings is 1. The molecule has 1 atom stereocenters. The van der Waals surface area contributed by atoms with Gasteiger partial charge in [0.1, 0.15) is 5.75 Å². The quantitative estimate of drug-likeness (QED) is 0.860. The summed E-state index contributed by atoms with van der Waals surface area (Å²) in [5.74, 6) is 1.04. The van der Waals surface area contributed by atoms with E-state index >= 15 is 0 Å².